The number of nitrogens with zero attached hydrogens (tertiary/aromatic N) is 1. The van der Waals surface area contributed by atoms with Crippen LogP contribution < -0.4 is 0 Å². The highest BCUT2D eigenvalue weighted by Gasteiger charge is 2.03. The minimum Gasteiger partial charge on any atom is -0.508 e. The van der Waals surface area contributed by atoms with Crippen LogP contribution in [0.25, 0.3) is 0 Å². The quantitative estimate of drug-likeness (QED) is 0.759. The third-order valence-electron chi connectivity index (χ3n) is 1.82. The molecule has 2 rings (SSSR count). The van der Waals surface area contributed by atoms with Crippen LogP contribution in [0.4, 0.5) is 0 Å². The first-order chi connectivity index (χ1) is 6.36. The molecule has 0 bridgehead atoms. The SMILES string of the molecule is Oc1ccccc1Cc1ncco1. The lowest BCUT2D eigenvalue weighted by molar-refractivity contribution is 0.461. The van der Waals surface area contributed by atoms with E-state index in [2.05, 4.69) is 4.98 Å². The molecule has 1 heterocycles. The lowest BCUT2D eigenvalue weighted by atomic mass is 10.1. The second-order valence-corrected chi connectivity index (χ2v) is 2.73. The van der Waals surface area contributed by atoms with Crippen LogP contribution in [0.3, 0.4) is 0 Å². The fraction of sp³-hybridized carbons (Fsp3) is 0.100. The van der Waals surface area contributed by atoms with Crippen LogP contribution in [0.5, 0.6) is 5.75 Å². The number of hydrogen-bond acceptors (Lipinski definition) is 3. The number of aromatic nitrogens is 1. The van der Waals surface area contributed by atoms with Gasteiger partial charge in [0.25, 0.3) is 0 Å². The summed E-state index contributed by atoms with van der Waals surface area (Å²) in [6.07, 6.45) is 3.64. The molecule has 1 aromatic carbocycles. The highest BCUT2D eigenvalue weighted by atomic mass is 16.3. The summed E-state index contributed by atoms with van der Waals surface area (Å²) >= 11 is 0. The Hall–Kier alpha value is -1.77. The molecule has 0 saturated heterocycles. The second-order valence-electron chi connectivity index (χ2n) is 2.73. The smallest absolute Gasteiger partial charge is 0.198 e. The van der Waals surface area contributed by atoms with Gasteiger partial charge in [-0.05, 0) is 6.07 Å². The molecule has 0 aliphatic heterocycles. The van der Waals surface area contributed by atoms with Gasteiger partial charge in [0.05, 0.1) is 12.6 Å². The van der Waals surface area contributed by atoms with Gasteiger partial charge in [0.15, 0.2) is 5.89 Å². The van der Waals surface area contributed by atoms with E-state index < -0.39 is 0 Å². The number of hydrogen-bond donors (Lipinski definition) is 1. The summed E-state index contributed by atoms with van der Waals surface area (Å²) < 4.78 is 5.07. The van der Waals surface area contributed by atoms with Crippen molar-refractivity contribution in [1.29, 1.82) is 0 Å². The predicted octanol–water partition coefficient (Wildman–Crippen LogP) is 1.97. The predicted molar refractivity (Wildman–Crippen MR) is 47.4 cm³/mol. The van der Waals surface area contributed by atoms with Crippen molar-refractivity contribution < 1.29 is 9.52 Å². The Bertz CT molecular complexity index is 382. The summed E-state index contributed by atoms with van der Waals surface area (Å²) in [7, 11) is 0. The van der Waals surface area contributed by atoms with Crippen molar-refractivity contribution in [2.45, 2.75) is 6.42 Å². The molecule has 2 aromatic rings. The van der Waals surface area contributed by atoms with Crippen LogP contribution in [0.1, 0.15) is 11.5 Å². The maximum absolute atomic E-state index is 9.44. The number of benzene rings is 1. The Morgan fingerprint density at radius 3 is 2.85 bits per heavy atom. The first kappa shape index (κ1) is 7.86. The van der Waals surface area contributed by atoms with Crippen LogP contribution in [-0.2, 0) is 6.42 Å². The highest BCUT2D eigenvalue weighted by molar-refractivity contribution is 5.33. The normalized spacial score (nSPS) is 10.2. The third kappa shape index (κ3) is 1.69. The standard InChI is InChI=1S/C10H9NO2/c12-9-4-2-1-3-8(9)7-10-11-5-6-13-10/h1-6,12H,7H2. The molecular weight excluding hydrogens is 166 g/mol. The average molecular weight is 175 g/mol. The van der Waals surface area contributed by atoms with E-state index in [-0.39, 0.29) is 5.75 Å². The summed E-state index contributed by atoms with van der Waals surface area (Å²) in [5.41, 5.74) is 0.824. The van der Waals surface area contributed by atoms with Crippen molar-refractivity contribution in [2.75, 3.05) is 0 Å². The van der Waals surface area contributed by atoms with E-state index in [1.807, 2.05) is 12.1 Å². The van der Waals surface area contributed by atoms with Crippen LogP contribution in [0.15, 0.2) is 41.1 Å². The molecular formula is C10H9NO2. The zero-order chi connectivity index (χ0) is 9.10. The number of para-hydroxylation sites is 1. The average Bonchev–Trinajstić information content (AvgIpc) is 2.61. The molecule has 0 fully saturated rings. The van der Waals surface area contributed by atoms with E-state index >= 15 is 0 Å². The van der Waals surface area contributed by atoms with Crippen LogP contribution >= 0.6 is 0 Å². The van der Waals surface area contributed by atoms with Crippen molar-refractivity contribution in [1.82, 2.24) is 4.98 Å². The molecule has 0 atom stereocenters. The second kappa shape index (κ2) is 3.31. The molecule has 0 spiro atoms. The Morgan fingerprint density at radius 2 is 2.15 bits per heavy atom. The van der Waals surface area contributed by atoms with E-state index in [1.54, 1.807) is 18.3 Å². The van der Waals surface area contributed by atoms with E-state index in [4.69, 9.17) is 4.42 Å². The minimum absolute atomic E-state index is 0.278. The van der Waals surface area contributed by atoms with E-state index in [1.165, 1.54) is 6.26 Å². The van der Waals surface area contributed by atoms with E-state index in [0.717, 1.165) is 5.56 Å². The maximum atomic E-state index is 9.44. The van der Waals surface area contributed by atoms with Gasteiger partial charge in [0.1, 0.15) is 12.0 Å². The number of phenols is 1. The molecule has 1 aromatic heterocycles. The Balaban J connectivity index is 2.24. The van der Waals surface area contributed by atoms with E-state index in [0.29, 0.717) is 12.3 Å². The van der Waals surface area contributed by atoms with Gasteiger partial charge in [0.2, 0.25) is 0 Å². The highest BCUT2D eigenvalue weighted by Crippen LogP contribution is 2.18. The van der Waals surface area contributed by atoms with Crippen molar-refractivity contribution in [3.8, 4) is 5.75 Å². The van der Waals surface area contributed by atoms with Crippen LogP contribution in [0.2, 0.25) is 0 Å². The molecule has 3 heteroatoms. The molecule has 3 nitrogen and oxygen atoms in total. The lowest BCUT2D eigenvalue weighted by Gasteiger charge is -1.99. The number of phenolic OH excluding ortho intramolecular Hbond substituents is 1. The van der Waals surface area contributed by atoms with Gasteiger partial charge in [0, 0.05) is 5.56 Å². The molecule has 0 radical (unpaired) electrons. The summed E-state index contributed by atoms with van der Waals surface area (Å²) in [5.74, 6) is 0.891. The number of oxazole rings is 1. The number of rotatable bonds is 2. The van der Waals surface area contributed by atoms with Crippen molar-refractivity contribution in [3.05, 3.63) is 48.2 Å². The molecule has 13 heavy (non-hydrogen) atoms. The molecule has 0 saturated carbocycles. The Labute approximate surface area is 75.7 Å². The first-order valence-electron chi connectivity index (χ1n) is 4.01. The largest absolute Gasteiger partial charge is 0.508 e. The van der Waals surface area contributed by atoms with Crippen LogP contribution in [-0.4, -0.2) is 10.1 Å². The molecule has 66 valence electrons. The minimum atomic E-state index is 0.278. The first-order valence-corrected chi connectivity index (χ1v) is 4.01. The zero-order valence-corrected chi connectivity index (χ0v) is 6.97. The van der Waals surface area contributed by atoms with Gasteiger partial charge in [-0.2, -0.15) is 0 Å². The van der Waals surface area contributed by atoms with Crippen molar-refractivity contribution >= 4 is 0 Å². The molecule has 1 N–H and O–H groups in total. The summed E-state index contributed by atoms with van der Waals surface area (Å²) in [5, 5.41) is 9.44. The molecule has 0 aliphatic carbocycles. The molecule has 0 amide bonds. The van der Waals surface area contributed by atoms with Crippen molar-refractivity contribution in [2.24, 2.45) is 0 Å². The van der Waals surface area contributed by atoms with Gasteiger partial charge < -0.3 is 9.52 Å². The fourth-order valence-corrected chi connectivity index (χ4v) is 1.16. The number of aromatic hydroxyl groups is 1. The fourth-order valence-electron chi connectivity index (χ4n) is 1.16. The maximum Gasteiger partial charge on any atom is 0.198 e. The van der Waals surface area contributed by atoms with E-state index in [9.17, 15) is 5.11 Å². The van der Waals surface area contributed by atoms with Gasteiger partial charge in [-0.15, -0.1) is 0 Å². The Kier molecular flexibility index (Phi) is 2.00. The van der Waals surface area contributed by atoms with Crippen molar-refractivity contribution in [3.63, 3.8) is 0 Å². The summed E-state index contributed by atoms with van der Waals surface area (Å²) in [4.78, 5) is 3.97. The molecule has 0 aliphatic rings. The topological polar surface area (TPSA) is 46.3 Å². The summed E-state index contributed by atoms with van der Waals surface area (Å²) in [6, 6.07) is 7.16. The zero-order valence-electron chi connectivity index (χ0n) is 6.97. The Morgan fingerprint density at radius 1 is 1.31 bits per heavy atom. The van der Waals surface area contributed by atoms with Crippen LogP contribution in [0, 0.1) is 0 Å². The molecule has 0 unspecified atom stereocenters. The van der Waals surface area contributed by atoms with Gasteiger partial charge in [-0.1, -0.05) is 18.2 Å². The van der Waals surface area contributed by atoms with Gasteiger partial charge in [-0.25, -0.2) is 4.98 Å². The third-order valence-corrected chi connectivity index (χ3v) is 1.82. The summed E-state index contributed by atoms with van der Waals surface area (Å²) in [6.45, 7) is 0. The van der Waals surface area contributed by atoms with Gasteiger partial charge >= 0.3 is 0 Å². The van der Waals surface area contributed by atoms with Gasteiger partial charge in [-0.3, -0.25) is 0 Å². The monoisotopic (exact) mass is 175 g/mol. The lowest BCUT2D eigenvalue weighted by Crippen LogP contribution is -1.87.